The van der Waals surface area contributed by atoms with E-state index in [4.69, 9.17) is 9.47 Å². The van der Waals surface area contributed by atoms with Gasteiger partial charge in [-0.1, -0.05) is 48.5 Å². The van der Waals surface area contributed by atoms with E-state index in [1.807, 2.05) is 40.1 Å². The summed E-state index contributed by atoms with van der Waals surface area (Å²) in [5, 5.41) is 2.86. The third-order valence-electron chi connectivity index (χ3n) is 7.73. The molecular weight excluding hydrogens is 583 g/mol. The van der Waals surface area contributed by atoms with Crippen molar-refractivity contribution in [1.82, 2.24) is 4.72 Å². The van der Waals surface area contributed by atoms with Gasteiger partial charge < -0.3 is 24.6 Å². The molecule has 0 radical (unpaired) electrons. The number of nitrogens with one attached hydrogen (secondary N) is 2. The van der Waals surface area contributed by atoms with Crippen LogP contribution in [0.2, 0.25) is 0 Å². The van der Waals surface area contributed by atoms with Crippen LogP contribution in [0.1, 0.15) is 17.5 Å². The van der Waals surface area contributed by atoms with Crippen molar-refractivity contribution < 1.29 is 27.1 Å². The molecule has 0 bridgehead atoms. The molecular formula is C33H33FN4O5S. The van der Waals surface area contributed by atoms with E-state index in [0.717, 1.165) is 5.56 Å². The number of fused-ring (bicyclic) bond motifs is 1. The average molecular weight is 617 g/mol. The second-order valence-electron chi connectivity index (χ2n) is 10.7. The molecule has 2 aliphatic heterocycles. The lowest BCUT2D eigenvalue weighted by Crippen LogP contribution is -2.47. The van der Waals surface area contributed by atoms with Crippen LogP contribution < -0.4 is 29.3 Å². The number of ether oxygens (including phenoxy) is 2. The number of anilines is 3. The minimum Gasteiger partial charge on any atom is -0.454 e. The Kier molecular flexibility index (Phi) is 8.67. The summed E-state index contributed by atoms with van der Waals surface area (Å²) in [4.78, 5) is 16.8. The molecule has 9 nitrogen and oxygen atoms in total. The number of amides is 1. The van der Waals surface area contributed by atoms with Gasteiger partial charge in [0.05, 0.1) is 11.4 Å². The maximum Gasteiger partial charge on any atom is 0.243 e. The number of carbonyl (C=O) groups is 1. The van der Waals surface area contributed by atoms with Crippen molar-refractivity contribution in [3.05, 3.63) is 108 Å². The summed E-state index contributed by atoms with van der Waals surface area (Å²) in [5.74, 6) is 0.681. The Balaban J connectivity index is 1.21. The Morgan fingerprint density at radius 1 is 0.773 bits per heavy atom. The lowest BCUT2D eigenvalue weighted by Gasteiger charge is -2.38. The van der Waals surface area contributed by atoms with Crippen LogP contribution in [0, 0.1) is 5.82 Å². The normalized spacial score (nSPS) is 14.5. The number of hydrogen-bond acceptors (Lipinski definition) is 7. The second-order valence-corrected chi connectivity index (χ2v) is 12.4. The summed E-state index contributed by atoms with van der Waals surface area (Å²) in [6.45, 7) is 2.17. The lowest BCUT2D eigenvalue weighted by molar-refractivity contribution is -0.116. The highest BCUT2D eigenvalue weighted by Gasteiger charge is 2.27. The number of aryl methyl sites for hydroxylation is 1. The van der Waals surface area contributed by atoms with E-state index in [1.54, 1.807) is 48.5 Å². The number of nitrogens with zero attached hydrogens (tertiary/aromatic N) is 2. The molecule has 0 atom stereocenters. The fourth-order valence-electron chi connectivity index (χ4n) is 5.40. The van der Waals surface area contributed by atoms with Gasteiger partial charge in [0.1, 0.15) is 10.7 Å². The SMILES string of the molecule is O=C(CCc1ccccc1)Nc1ccc(N2CCN(c3ccccc3F)CC2)c(S(=O)(=O)NCc2ccc3c(c2)OCO3)c1. The van der Waals surface area contributed by atoms with Gasteiger partial charge >= 0.3 is 0 Å². The zero-order valence-corrected chi connectivity index (χ0v) is 24.9. The fourth-order valence-corrected chi connectivity index (χ4v) is 6.66. The molecule has 1 amide bonds. The maximum atomic E-state index is 14.4. The molecule has 1 saturated heterocycles. The Morgan fingerprint density at radius 3 is 2.25 bits per heavy atom. The number of para-hydroxylation sites is 1. The smallest absolute Gasteiger partial charge is 0.243 e. The van der Waals surface area contributed by atoms with E-state index in [1.165, 1.54) is 12.1 Å². The van der Waals surface area contributed by atoms with Crippen molar-refractivity contribution >= 4 is 33.0 Å². The van der Waals surface area contributed by atoms with Crippen LogP contribution in [-0.2, 0) is 27.8 Å². The Hall–Kier alpha value is -4.61. The number of rotatable bonds is 10. The zero-order chi connectivity index (χ0) is 30.5. The van der Waals surface area contributed by atoms with Gasteiger partial charge in [0.2, 0.25) is 22.7 Å². The molecule has 11 heteroatoms. The topological polar surface area (TPSA) is 100 Å². The van der Waals surface area contributed by atoms with E-state index < -0.39 is 10.0 Å². The molecule has 4 aromatic carbocycles. The van der Waals surface area contributed by atoms with Gasteiger partial charge in [0.15, 0.2) is 11.5 Å². The molecule has 0 spiro atoms. The second kappa shape index (κ2) is 12.9. The van der Waals surface area contributed by atoms with Crippen molar-refractivity contribution in [3.8, 4) is 11.5 Å². The summed E-state index contributed by atoms with van der Waals surface area (Å²) in [7, 11) is -4.03. The van der Waals surface area contributed by atoms with Gasteiger partial charge in [-0.2, -0.15) is 0 Å². The van der Waals surface area contributed by atoms with E-state index in [-0.39, 0.29) is 36.4 Å². The summed E-state index contributed by atoms with van der Waals surface area (Å²) >= 11 is 0. The number of benzene rings is 4. The Bertz CT molecular complexity index is 1740. The molecule has 0 saturated carbocycles. The summed E-state index contributed by atoms with van der Waals surface area (Å²) < 4.78 is 55.5. The van der Waals surface area contributed by atoms with Crippen molar-refractivity contribution in [2.45, 2.75) is 24.3 Å². The molecule has 0 aliphatic carbocycles. The molecule has 6 rings (SSSR count). The first-order chi connectivity index (χ1) is 21.4. The summed E-state index contributed by atoms with van der Waals surface area (Å²) in [6.07, 6.45) is 0.827. The number of sulfonamides is 1. The molecule has 44 heavy (non-hydrogen) atoms. The molecule has 2 N–H and O–H groups in total. The van der Waals surface area contributed by atoms with Crippen LogP contribution in [0.5, 0.6) is 11.5 Å². The predicted octanol–water partition coefficient (Wildman–Crippen LogP) is 4.93. The lowest BCUT2D eigenvalue weighted by atomic mass is 10.1. The van der Waals surface area contributed by atoms with E-state index in [2.05, 4.69) is 10.0 Å². The maximum absolute atomic E-state index is 14.4. The van der Waals surface area contributed by atoms with Crippen LogP contribution in [0.3, 0.4) is 0 Å². The average Bonchev–Trinajstić information content (AvgIpc) is 3.52. The number of hydrogen-bond donors (Lipinski definition) is 2. The highest BCUT2D eigenvalue weighted by molar-refractivity contribution is 7.89. The first kappa shape index (κ1) is 29.5. The van der Waals surface area contributed by atoms with Crippen LogP contribution in [0.15, 0.2) is 95.9 Å². The van der Waals surface area contributed by atoms with Gasteiger partial charge in [-0.3, -0.25) is 4.79 Å². The highest BCUT2D eigenvalue weighted by atomic mass is 32.2. The Morgan fingerprint density at radius 2 is 1.48 bits per heavy atom. The quantitative estimate of drug-likeness (QED) is 0.261. The van der Waals surface area contributed by atoms with Gasteiger partial charge in [0, 0.05) is 44.8 Å². The van der Waals surface area contributed by atoms with Crippen LogP contribution >= 0.6 is 0 Å². The minimum atomic E-state index is -4.03. The largest absolute Gasteiger partial charge is 0.454 e. The molecule has 0 unspecified atom stereocenters. The minimum absolute atomic E-state index is 0.0349. The van der Waals surface area contributed by atoms with Gasteiger partial charge in [-0.15, -0.1) is 0 Å². The van der Waals surface area contributed by atoms with Gasteiger partial charge in [-0.25, -0.2) is 17.5 Å². The molecule has 228 valence electrons. The van der Waals surface area contributed by atoms with E-state index in [9.17, 15) is 17.6 Å². The number of halogens is 1. The molecule has 0 aromatic heterocycles. The fraction of sp³-hybridized carbons (Fsp3) is 0.242. The highest BCUT2D eigenvalue weighted by Crippen LogP contribution is 2.34. The third-order valence-corrected chi connectivity index (χ3v) is 9.16. The molecule has 1 fully saturated rings. The van der Waals surface area contributed by atoms with Crippen LogP contribution in [0.25, 0.3) is 0 Å². The monoisotopic (exact) mass is 616 g/mol. The van der Waals surface area contributed by atoms with Crippen LogP contribution in [-0.4, -0.2) is 47.3 Å². The molecule has 2 heterocycles. The zero-order valence-electron chi connectivity index (χ0n) is 24.0. The van der Waals surface area contributed by atoms with Crippen molar-refractivity contribution in [1.29, 1.82) is 0 Å². The van der Waals surface area contributed by atoms with Gasteiger partial charge in [0.25, 0.3) is 0 Å². The summed E-state index contributed by atoms with van der Waals surface area (Å²) in [5.41, 5.74) is 3.18. The third kappa shape index (κ3) is 6.79. The summed E-state index contributed by atoms with van der Waals surface area (Å²) in [6, 6.07) is 26.6. The van der Waals surface area contributed by atoms with Crippen molar-refractivity contribution in [3.63, 3.8) is 0 Å². The van der Waals surface area contributed by atoms with E-state index in [0.29, 0.717) is 66.7 Å². The van der Waals surface area contributed by atoms with Crippen molar-refractivity contribution in [2.24, 2.45) is 0 Å². The van der Waals surface area contributed by atoms with Gasteiger partial charge in [-0.05, 0) is 60.0 Å². The number of piperazine rings is 1. The van der Waals surface area contributed by atoms with E-state index >= 15 is 0 Å². The first-order valence-corrected chi connectivity index (χ1v) is 15.9. The molecule has 2 aliphatic rings. The molecule has 4 aromatic rings. The Labute approximate surface area is 256 Å². The predicted molar refractivity (Wildman–Crippen MR) is 167 cm³/mol. The standard InChI is InChI=1S/C33H33FN4O5S/c34-27-8-4-5-9-28(27)37-16-18-38(19-17-37)29-13-12-26(36-33(39)15-11-24-6-2-1-3-7-24)21-32(29)44(40,41)35-22-25-10-14-30-31(20-25)43-23-42-30/h1-10,12-14,20-21,35H,11,15-19,22-23H2,(H,36,39). The van der Waals surface area contributed by atoms with Crippen LogP contribution in [0.4, 0.5) is 21.5 Å². The number of carbonyl (C=O) groups excluding carboxylic acids is 1. The first-order valence-electron chi connectivity index (χ1n) is 14.5. The van der Waals surface area contributed by atoms with Crippen molar-refractivity contribution in [2.75, 3.05) is 48.1 Å².